The maximum atomic E-state index is 10.9. The molecule has 0 aliphatic rings. The Hall–Kier alpha value is -9.33. The molecular formula is C53H29N9. The number of aromatic nitrogens is 4. The predicted molar refractivity (Wildman–Crippen MR) is 242 cm³/mol. The molecular weight excluding hydrogens is 763 g/mol. The maximum absolute atomic E-state index is 10.9. The van der Waals surface area contributed by atoms with Crippen LogP contribution in [0.5, 0.6) is 0 Å². The second kappa shape index (κ2) is 14.5. The summed E-state index contributed by atoms with van der Waals surface area (Å²) in [7, 11) is 0. The summed E-state index contributed by atoms with van der Waals surface area (Å²) in [5.41, 5.74) is 12.0. The fraction of sp³-hybridized carbons (Fsp3) is 0.0377. The summed E-state index contributed by atoms with van der Waals surface area (Å²) in [6.45, 7) is 11.4. The van der Waals surface area contributed by atoms with Crippen LogP contribution in [0.3, 0.4) is 0 Å². The molecule has 0 saturated heterocycles. The van der Waals surface area contributed by atoms with Crippen molar-refractivity contribution in [3.63, 3.8) is 0 Å². The first-order valence-corrected chi connectivity index (χ1v) is 19.7. The fourth-order valence-corrected chi connectivity index (χ4v) is 8.80. The van der Waals surface area contributed by atoms with Crippen LogP contribution >= 0.6 is 0 Å². The van der Waals surface area contributed by atoms with Gasteiger partial charge in [0.15, 0.2) is 11.5 Å². The molecule has 0 aliphatic carbocycles. The predicted octanol–water partition coefficient (Wildman–Crippen LogP) is 12.3. The van der Waals surface area contributed by atoms with Crippen LogP contribution in [-0.4, -0.2) is 19.1 Å². The topological polar surface area (TPSA) is 135 Å². The highest BCUT2D eigenvalue weighted by molar-refractivity contribution is 6.13. The highest BCUT2D eigenvalue weighted by Crippen LogP contribution is 2.44. The van der Waals surface area contributed by atoms with Gasteiger partial charge in [-0.25, -0.2) is 14.8 Å². The Labute approximate surface area is 355 Å². The number of nitrogens with zero attached hydrogens (tertiary/aromatic N) is 9. The molecule has 3 heterocycles. The van der Waals surface area contributed by atoms with Gasteiger partial charge >= 0.3 is 0 Å². The first-order chi connectivity index (χ1) is 30.3. The van der Waals surface area contributed by atoms with Crippen LogP contribution in [0.25, 0.3) is 93.5 Å². The monoisotopic (exact) mass is 791 g/mol. The summed E-state index contributed by atoms with van der Waals surface area (Å²) in [6, 6.07) is 53.6. The molecule has 9 heteroatoms. The third-order valence-electron chi connectivity index (χ3n) is 11.4. The normalized spacial score (nSPS) is 11.0. The molecule has 0 radical (unpaired) electrons. The van der Waals surface area contributed by atoms with Crippen LogP contribution < -0.4 is 0 Å². The zero-order valence-electron chi connectivity index (χ0n) is 33.3. The number of para-hydroxylation sites is 2. The van der Waals surface area contributed by atoms with Crippen LogP contribution in [0, 0.1) is 65.7 Å². The minimum Gasteiger partial charge on any atom is -0.308 e. The van der Waals surface area contributed by atoms with Crippen LogP contribution in [0.15, 0.2) is 140 Å². The van der Waals surface area contributed by atoms with E-state index < -0.39 is 0 Å². The molecule has 0 atom stereocenters. The number of aryl methyl sites for hydroxylation is 2. The van der Waals surface area contributed by atoms with E-state index >= 15 is 0 Å². The van der Waals surface area contributed by atoms with Crippen molar-refractivity contribution >= 4 is 49.3 Å². The van der Waals surface area contributed by atoms with Gasteiger partial charge in [-0.05, 0) is 96.8 Å². The minimum absolute atomic E-state index is 0.388. The molecule has 10 aromatic rings. The minimum atomic E-state index is 0.388. The lowest BCUT2D eigenvalue weighted by Crippen LogP contribution is -2.07. The van der Waals surface area contributed by atoms with Crippen LogP contribution in [0.2, 0.25) is 0 Å². The van der Waals surface area contributed by atoms with Gasteiger partial charge in [-0.2, -0.15) is 21.0 Å². The Morgan fingerprint density at radius 1 is 0.484 bits per heavy atom. The van der Waals surface area contributed by atoms with E-state index in [2.05, 4.69) is 86.8 Å². The quantitative estimate of drug-likeness (QED) is 0.159. The SMILES string of the molecule is [C-]#[N+]c1ccc(-c2ccc3c4ccccc4n(-c4cc(C#N)cc(-n5c6ccccc6c6ccc(-c7ccc(C#N)cc7C#N)cc65)c4-c4nc(C)cc(C)n4)c3c2)c(C#N)c1. The number of nitriles is 4. The molecule has 0 saturated carbocycles. The van der Waals surface area contributed by atoms with Gasteiger partial charge in [0, 0.05) is 38.5 Å². The molecule has 0 fully saturated rings. The number of hydrogen-bond donors (Lipinski definition) is 0. The molecule has 0 unspecified atom stereocenters. The average Bonchev–Trinajstić information content (AvgIpc) is 3.82. The molecule has 7 aromatic carbocycles. The molecule has 9 nitrogen and oxygen atoms in total. The van der Waals surface area contributed by atoms with Gasteiger partial charge in [0.2, 0.25) is 0 Å². The molecule has 0 spiro atoms. The van der Waals surface area contributed by atoms with E-state index in [-0.39, 0.29) is 0 Å². The van der Waals surface area contributed by atoms with Gasteiger partial charge < -0.3 is 9.13 Å². The number of hydrogen-bond acceptors (Lipinski definition) is 6. The van der Waals surface area contributed by atoms with Crippen molar-refractivity contribution in [3.05, 3.63) is 185 Å². The Bertz CT molecular complexity index is 3560. The van der Waals surface area contributed by atoms with Gasteiger partial charge in [-0.15, -0.1) is 0 Å². The molecule has 0 N–H and O–H groups in total. The third kappa shape index (κ3) is 5.81. The van der Waals surface area contributed by atoms with Gasteiger partial charge in [0.25, 0.3) is 0 Å². The van der Waals surface area contributed by atoms with Crippen molar-refractivity contribution in [2.24, 2.45) is 0 Å². The summed E-state index contributed by atoms with van der Waals surface area (Å²) in [5, 5.41) is 44.8. The largest absolute Gasteiger partial charge is 0.308 e. The van der Waals surface area contributed by atoms with E-state index in [4.69, 9.17) is 16.5 Å². The van der Waals surface area contributed by atoms with Crippen molar-refractivity contribution < 1.29 is 0 Å². The average molecular weight is 792 g/mol. The summed E-state index contributed by atoms with van der Waals surface area (Å²) < 4.78 is 4.31. The highest BCUT2D eigenvalue weighted by Gasteiger charge is 2.26. The molecule has 286 valence electrons. The van der Waals surface area contributed by atoms with E-state index in [1.165, 1.54) is 0 Å². The number of fused-ring (bicyclic) bond motifs is 6. The maximum Gasteiger partial charge on any atom is 0.188 e. The standard InChI is InChI=1S/C53H29N9/c1-31-20-32(2)60-53(59-31)52-50(61-46-10-6-4-8-42(46)44-17-13-35(25-48(44)61)40-16-12-33(27-54)21-37(40)29-56)22-34(28-55)23-51(52)62-47-11-7-5-9-43(47)45-18-14-36(26-49(45)62)41-19-15-39(58-3)24-38(41)30-57/h4-26H,1-2H3. The number of benzene rings is 7. The Morgan fingerprint density at radius 2 is 0.984 bits per heavy atom. The zero-order chi connectivity index (χ0) is 42.6. The second-order valence-corrected chi connectivity index (χ2v) is 15.1. The van der Waals surface area contributed by atoms with Crippen molar-refractivity contribution in [3.8, 4) is 69.3 Å². The van der Waals surface area contributed by atoms with E-state index in [0.29, 0.717) is 61.8 Å². The summed E-state index contributed by atoms with van der Waals surface area (Å²) >= 11 is 0. The van der Waals surface area contributed by atoms with Crippen LogP contribution in [-0.2, 0) is 0 Å². The third-order valence-corrected chi connectivity index (χ3v) is 11.4. The first-order valence-electron chi connectivity index (χ1n) is 19.7. The Morgan fingerprint density at radius 3 is 1.50 bits per heavy atom. The summed E-state index contributed by atoms with van der Waals surface area (Å²) in [5.74, 6) is 0.474. The molecule has 62 heavy (non-hydrogen) atoms. The smallest absolute Gasteiger partial charge is 0.188 e. The molecule has 0 amide bonds. The Balaban J connectivity index is 1.36. The van der Waals surface area contributed by atoms with Crippen molar-refractivity contribution in [2.45, 2.75) is 13.8 Å². The van der Waals surface area contributed by atoms with Gasteiger partial charge in [-0.1, -0.05) is 78.9 Å². The van der Waals surface area contributed by atoms with E-state index in [1.54, 1.807) is 24.3 Å². The summed E-state index contributed by atoms with van der Waals surface area (Å²) in [6.07, 6.45) is 0. The number of rotatable bonds is 5. The van der Waals surface area contributed by atoms with E-state index in [1.807, 2.05) is 80.6 Å². The molecule has 10 rings (SSSR count). The lowest BCUT2D eigenvalue weighted by Gasteiger charge is -2.20. The molecule has 0 aliphatic heterocycles. The van der Waals surface area contributed by atoms with E-state index in [9.17, 15) is 21.0 Å². The van der Waals surface area contributed by atoms with Crippen LogP contribution in [0.1, 0.15) is 33.6 Å². The second-order valence-electron chi connectivity index (χ2n) is 15.1. The van der Waals surface area contributed by atoms with E-state index in [0.717, 1.165) is 66.1 Å². The molecule has 0 bridgehead atoms. The van der Waals surface area contributed by atoms with Gasteiger partial charge in [0.05, 0.1) is 86.5 Å². The lowest BCUT2D eigenvalue weighted by atomic mass is 9.97. The first kappa shape index (κ1) is 37.0. The van der Waals surface area contributed by atoms with Gasteiger partial charge in [-0.3, -0.25) is 0 Å². The van der Waals surface area contributed by atoms with Crippen molar-refractivity contribution in [1.82, 2.24) is 19.1 Å². The highest BCUT2D eigenvalue weighted by atomic mass is 15.0. The Kier molecular flexibility index (Phi) is 8.64. The van der Waals surface area contributed by atoms with Crippen molar-refractivity contribution in [2.75, 3.05) is 0 Å². The molecule has 3 aromatic heterocycles. The lowest BCUT2D eigenvalue weighted by molar-refractivity contribution is 1.04. The van der Waals surface area contributed by atoms with Crippen LogP contribution in [0.4, 0.5) is 5.69 Å². The fourth-order valence-electron chi connectivity index (χ4n) is 8.80. The summed E-state index contributed by atoms with van der Waals surface area (Å²) in [4.78, 5) is 13.7. The van der Waals surface area contributed by atoms with Crippen molar-refractivity contribution in [1.29, 1.82) is 21.0 Å². The zero-order valence-corrected chi connectivity index (χ0v) is 33.3. The van der Waals surface area contributed by atoms with Gasteiger partial charge in [0.1, 0.15) is 0 Å².